The van der Waals surface area contributed by atoms with Crippen LogP contribution in [0.5, 0.6) is 0 Å². The molecule has 0 unspecified atom stereocenters. The number of aromatic nitrogens is 1. The van der Waals surface area contributed by atoms with E-state index >= 15 is 0 Å². The van der Waals surface area contributed by atoms with E-state index in [0.29, 0.717) is 5.56 Å². The molecule has 1 amide bonds. The highest BCUT2D eigenvalue weighted by molar-refractivity contribution is 5.94. The number of hydrogen-bond acceptors (Lipinski definition) is 4. The lowest BCUT2D eigenvalue weighted by molar-refractivity contribution is 0.0945. The summed E-state index contributed by atoms with van der Waals surface area (Å²) in [5.41, 5.74) is 5.11. The summed E-state index contributed by atoms with van der Waals surface area (Å²) in [6.07, 6.45) is 2.65. The van der Waals surface area contributed by atoms with E-state index in [9.17, 15) is 4.79 Å². The molecule has 0 fully saturated rings. The van der Waals surface area contributed by atoms with Crippen LogP contribution in [0.2, 0.25) is 0 Å². The van der Waals surface area contributed by atoms with Gasteiger partial charge in [-0.1, -0.05) is 29.8 Å². The zero-order valence-electron chi connectivity index (χ0n) is 15.3. The first-order valence-corrected chi connectivity index (χ1v) is 8.90. The van der Waals surface area contributed by atoms with E-state index in [0.717, 1.165) is 17.9 Å². The van der Waals surface area contributed by atoms with Crippen LogP contribution in [-0.2, 0) is 6.42 Å². The lowest BCUT2D eigenvalue weighted by Gasteiger charge is -2.09. The van der Waals surface area contributed by atoms with Gasteiger partial charge < -0.3 is 15.7 Å². The fourth-order valence-corrected chi connectivity index (χ4v) is 2.83. The second-order valence-electron chi connectivity index (χ2n) is 6.40. The summed E-state index contributed by atoms with van der Waals surface area (Å²) in [4.78, 5) is 16.2. The maximum atomic E-state index is 11.9. The van der Waals surface area contributed by atoms with E-state index < -0.39 is 0 Å². The predicted molar refractivity (Wildman–Crippen MR) is 107 cm³/mol. The zero-order valence-corrected chi connectivity index (χ0v) is 15.3. The number of hydrogen-bond donors (Lipinski definition) is 3. The second kappa shape index (κ2) is 8.96. The third-order valence-electron chi connectivity index (χ3n) is 4.13. The lowest BCUT2D eigenvalue weighted by Crippen LogP contribution is -2.26. The highest BCUT2D eigenvalue weighted by Gasteiger charge is 2.05. The lowest BCUT2D eigenvalue weighted by atomic mass is 10.0. The Kier molecular flexibility index (Phi) is 6.18. The first-order chi connectivity index (χ1) is 13.1. The molecule has 0 bridgehead atoms. The third kappa shape index (κ3) is 5.39. The van der Waals surface area contributed by atoms with Gasteiger partial charge in [-0.25, -0.2) is 4.98 Å². The second-order valence-corrected chi connectivity index (χ2v) is 6.40. The first kappa shape index (κ1) is 18.6. The van der Waals surface area contributed by atoms with Gasteiger partial charge >= 0.3 is 0 Å². The highest BCUT2D eigenvalue weighted by atomic mass is 16.3. The largest absolute Gasteiger partial charge is 0.395 e. The van der Waals surface area contributed by atoms with Crippen molar-refractivity contribution in [2.75, 3.05) is 18.5 Å². The summed E-state index contributed by atoms with van der Waals surface area (Å²) >= 11 is 0. The van der Waals surface area contributed by atoms with Crippen molar-refractivity contribution < 1.29 is 9.90 Å². The molecule has 3 rings (SSSR count). The van der Waals surface area contributed by atoms with Crippen LogP contribution in [0.4, 0.5) is 11.5 Å². The maximum Gasteiger partial charge on any atom is 0.251 e. The van der Waals surface area contributed by atoms with Gasteiger partial charge in [-0.15, -0.1) is 0 Å². The monoisotopic (exact) mass is 361 g/mol. The molecule has 0 radical (unpaired) electrons. The van der Waals surface area contributed by atoms with Gasteiger partial charge in [0.1, 0.15) is 5.82 Å². The maximum absolute atomic E-state index is 11.9. The van der Waals surface area contributed by atoms with E-state index in [1.165, 1.54) is 16.7 Å². The molecule has 0 spiro atoms. The summed E-state index contributed by atoms with van der Waals surface area (Å²) in [5, 5.41) is 14.7. The zero-order chi connectivity index (χ0) is 19.1. The Morgan fingerprint density at radius 1 is 1.04 bits per heavy atom. The Balaban J connectivity index is 1.66. The number of aliphatic hydroxyl groups excluding tert-OH is 1. The van der Waals surface area contributed by atoms with Crippen molar-refractivity contribution in [3.05, 3.63) is 89.1 Å². The molecule has 138 valence electrons. The Morgan fingerprint density at radius 2 is 1.81 bits per heavy atom. The molecular formula is C22H23N3O2. The Hall–Kier alpha value is -3.18. The van der Waals surface area contributed by atoms with Gasteiger partial charge in [0.25, 0.3) is 5.91 Å². The molecule has 3 N–H and O–H groups in total. The molecule has 0 aliphatic rings. The number of pyridine rings is 1. The molecule has 0 atom stereocenters. The number of nitrogens with zero attached hydrogens (tertiary/aromatic N) is 1. The molecule has 3 aromatic rings. The molecule has 0 saturated heterocycles. The third-order valence-corrected chi connectivity index (χ3v) is 4.13. The molecule has 1 aromatic heterocycles. The summed E-state index contributed by atoms with van der Waals surface area (Å²) < 4.78 is 0. The highest BCUT2D eigenvalue weighted by Crippen LogP contribution is 2.18. The van der Waals surface area contributed by atoms with Crippen LogP contribution in [-0.4, -0.2) is 29.1 Å². The number of aryl methyl sites for hydroxylation is 1. The van der Waals surface area contributed by atoms with E-state index in [1.54, 1.807) is 18.3 Å². The molecule has 5 nitrogen and oxygen atoms in total. The summed E-state index contributed by atoms with van der Waals surface area (Å²) in [5.74, 6) is 0.562. The summed E-state index contributed by atoms with van der Waals surface area (Å²) in [7, 11) is 0. The minimum atomic E-state index is -0.200. The van der Waals surface area contributed by atoms with Crippen molar-refractivity contribution in [2.45, 2.75) is 13.3 Å². The van der Waals surface area contributed by atoms with Crippen LogP contribution in [0.25, 0.3) is 0 Å². The van der Waals surface area contributed by atoms with E-state index in [1.807, 2.05) is 24.3 Å². The fraction of sp³-hybridized carbons (Fsp3) is 0.182. The predicted octanol–water partition coefficient (Wildman–Crippen LogP) is 3.45. The average molecular weight is 361 g/mol. The van der Waals surface area contributed by atoms with Crippen LogP contribution in [0.15, 0.2) is 66.9 Å². The normalized spacial score (nSPS) is 10.4. The molecular weight excluding hydrogens is 338 g/mol. The van der Waals surface area contributed by atoms with Gasteiger partial charge in [0.05, 0.1) is 6.61 Å². The van der Waals surface area contributed by atoms with Crippen LogP contribution in [0, 0.1) is 6.92 Å². The minimum absolute atomic E-state index is 0.0735. The number of nitrogens with one attached hydrogen (secondary N) is 2. The van der Waals surface area contributed by atoms with Crippen molar-refractivity contribution >= 4 is 17.4 Å². The van der Waals surface area contributed by atoms with Crippen LogP contribution >= 0.6 is 0 Å². The number of amides is 1. The Morgan fingerprint density at radius 3 is 2.56 bits per heavy atom. The number of carbonyl (C=O) groups excluding carboxylic acids is 1. The molecule has 0 aliphatic carbocycles. The van der Waals surface area contributed by atoms with Crippen molar-refractivity contribution in [3.63, 3.8) is 0 Å². The van der Waals surface area contributed by atoms with Crippen molar-refractivity contribution in [1.82, 2.24) is 10.3 Å². The topological polar surface area (TPSA) is 74.2 Å². The van der Waals surface area contributed by atoms with E-state index in [-0.39, 0.29) is 19.1 Å². The molecule has 1 heterocycles. The van der Waals surface area contributed by atoms with Crippen LogP contribution < -0.4 is 10.6 Å². The number of anilines is 2. The molecule has 2 aromatic carbocycles. The minimum Gasteiger partial charge on any atom is -0.395 e. The summed E-state index contributed by atoms with van der Waals surface area (Å²) in [6.45, 7) is 2.27. The summed E-state index contributed by atoms with van der Waals surface area (Å²) in [6, 6.07) is 19.7. The van der Waals surface area contributed by atoms with E-state index in [2.05, 4.69) is 46.8 Å². The number of rotatable bonds is 7. The quantitative estimate of drug-likeness (QED) is 0.603. The number of benzene rings is 2. The average Bonchev–Trinajstić information content (AvgIpc) is 2.67. The van der Waals surface area contributed by atoms with Crippen molar-refractivity contribution in [2.24, 2.45) is 0 Å². The van der Waals surface area contributed by atoms with Gasteiger partial charge in [-0.05, 0) is 60.9 Å². The SMILES string of the molecule is Cc1cccc(Cc2ccnc(Nc3ccc(C(=O)NCCO)cc3)c2)c1. The van der Waals surface area contributed by atoms with Crippen LogP contribution in [0.3, 0.4) is 0 Å². The molecule has 27 heavy (non-hydrogen) atoms. The van der Waals surface area contributed by atoms with Crippen molar-refractivity contribution in [1.29, 1.82) is 0 Å². The first-order valence-electron chi connectivity index (χ1n) is 8.90. The van der Waals surface area contributed by atoms with Gasteiger partial charge in [0, 0.05) is 24.0 Å². The molecule has 0 aliphatic heterocycles. The van der Waals surface area contributed by atoms with Gasteiger partial charge in [-0.3, -0.25) is 4.79 Å². The Bertz CT molecular complexity index is 907. The van der Waals surface area contributed by atoms with Gasteiger partial charge in [0.2, 0.25) is 0 Å². The van der Waals surface area contributed by atoms with Gasteiger partial charge in [0.15, 0.2) is 0 Å². The number of carbonyl (C=O) groups is 1. The Labute approximate surface area is 159 Å². The smallest absolute Gasteiger partial charge is 0.251 e. The molecule has 0 saturated carbocycles. The fourth-order valence-electron chi connectivity index (χ4n) is 2.83. The van der Waals surface area contributed by atoms with Crippen LogP contribution in [0.1, 0.15) is 27.0 Å². The van der Waals surface area contributed by atoms with Crippen molar-refractivity contribution in [3.8, 4) is 0 Å². The number of aliphatic hydroxyl groups is 1. The standard InChI is InChI=1S/C22H23N3O2/c1-16-3-2-4-17(13-16)14-18-9-10-23-21(15-18)25-20-7-5-19(6-8-20)22(27)24-11-12-26/h2-10,13,15,26H,11-12,14H2,1H3,(H,23,25)(H,24,27). The molecule has 5 heteroatoms. The van der Waals surface area contributed by atoms with E-state index in [4.69, 9.17) is 5.11 Å². The van der Waals surface area contributed by atoms with Gasteiger partial charge in [-0.2, -0.15) is 0 Å².